The molecule has 96 valence electrons. The third-order valence-electron chi connectivity index (χ3n) is 2.77. The second-order valence-electron chi connectivity index (χ2n) is 5.16. The van der Waals surface area contributed by atoms with E-state index in [-0.39, 0.29) is 11.2 Å². The fourth-order valence-corrected chi connectivity index (χ4v) is 1.84. The van der Waals surface area contributed by atoms with Gasteiger partial charge in [0.05, 0.1) is 0 Å². The van der Waals surface area contributed by atoms with E-state index in [9.17, 15) is 13.2 Å². The highest BCUT2D eigenvalue weighted by Gasteiger charge is 2.32. The molecule has 0 aliphatic carbocycles. The maximum absolute atomic E-state index is 12.2. The Kier molecular flexibility index (Phi) is 3.46. The first-order valence-corrected chi connectivity index (χ1v) is 5.39. The van der Waals surface area contributed by atoms with Crippen molar-refractivity contribution in [1.29, 1.82) is 0 Å². The molecule has 1 nitrogen and oxygen atoms in total. The summed E-state index contributed by atoms with van der Waals surface area (Å²) >= 11 is 0. The summed E-state index contributed by atoms with van der Waals surface area (Å²) in [4.78, 5) is 0. The van der Waals surface area contributed by atoms with Gasteiger partial charge in [0.15, 0.2) is 0 Å². The van der Waals surface area contributed by atoms with Crippen LogP contribution in [0.4, 0.5) is 13.2 Å². The van der Waals surface area contributed by atoms with E-state index < -0.39 is 6.36 Å². The molecule has 0 aromatic heterocycles. The van der Waals surface area contributed by atoms with E-state index in [1.807, 2.05) is 27.7 Å². The van der Waals surface area contributed by atoms with Gasteiger partial charge in [-0.3, -0.25) is 0 Å². The van der Waals surface area contributed by atoms with Crippen LogP contribution >= 0.6 is 0 Å². The molecule has 0 spiro atoms. The molecule has 0 saturated heterocycles. The Labute approximate surface area is 99.6 Å². The Morgan fingerprint density at radius 1 is 0.941 bits per heavy atom. The van der Waals surface area contributed by atoms with Crippen molar-refractivity contribution in [1.82, 2.24) is 0 Å². The monoisotopic (exact) mass is 246 g/mol. The molecule has 4 heteroatoms. The fourth-order valence-electron chi connectivity index (χ4n) is 1.84. The molecule has 1 rings (SSSR count). The highest BCUT2D eigenvalue weighted by atomic mass is 19.4. The molecule has 1 aromatic rings. The Morgan fingerprint density at radius 3 is 1.88 bits per heavy atom. The van der Waals surface area contributed by atoms with Gasteiger partial charge >= 0.3 is 6.36 Å². The van der Waals surface area contributed by atoms with Crippen molar-refractivity contribution in [3.05, 3.63) is 28.8 Å². The van der Waals surface area contributed by atoms with Gasteiger partial charge in [0.25, 0.3) is 0 Å². The Hall–Kier alpha value is -1.19. The summed E-state index contributed by atoms with van der Waals surface area (Å²) in [5.41, 5.74) is 2.32. The summed E-state index contributed by atoms with van der Waals surface area (Å²) in [5, 5.41) is 0. The SMILES string of the molecule is Cc1c(OC(F)(F)F)ccc(C(C)(C)C)c1C. The Morgan fingerprint density at radius 2 is 1.47 bits per heavy atom. The molecule has 0 saturated carbocycles. The number of ether oxygens (including phenoxy) is 1. The minimum atomic E-state index is -4.64. The largest absolute Gasteiger partial charge is 0.573 e. The molecule has 0 atom stereocenters. The van der Waals surface area contributed by atoms with Crippen molar-refractivity contribution in [2.24, 2.45) is 0 Å². The molecule has 0 aliphatic rings. The molecule has 1 aromatic carbocycles. The maximum Gasteiger partial charge on any atom is 0.573 e. The minimum absolute atomic E-state index is 0.0917. The van der Waals surface area contributed by atoms with Gasteiger partial charge in [-0.05, 0) is 42.0 Å². The fraction of sp³-hybridized carbons (Fsp3) is 0.538. The number of hydrogen-bond acceptors (Lipinski definition) is 1. The van der Waals surface area contributed by atoms with E-state index in [0.717, 1.165) is 11.1 Å². The highest BCUT2D eigenvalue weighted by Crippen LogP contribution is 2.34. The van der Waals surface area contributed by atoms with Gasteiger partial charge in [-0.2, -0.15) is 0 Å². The lowest BCUT2D eigenvalue weighted by atomic mass is 9.82. The van der Waals surface area contributed by atoms with E-state index in [1.54, 1.807) is 13.0 Å². The lowest BCUT2D eigenvalue weighted by Gasteiger charge is -2.24. The summed E-state index contributed by atoms with van der Waals surface area (Å²) in [7, 11) is 0. The van der Waals surface area contributed by atoms with Gasteiger partial charge in [-0.1, -0.05) is 26.8 Å². The Balaban J connectivity index is 3.21. The Bertz CT molecular complexity index is 414. The van der Waals surface area contributed by atoms with E-state index in [0.29, 0.717) is 5.56 Å². The van der Waals surface area contributed by atoms with E-state index in [2.05, 4.69) is 4.74 Å². The molecule has 17 heavy (non-hydrogen) atoms. The standard InChI is InChI=1S/C13H17F3O/c1-8-9(2)11(17-13(14,15)16)7-6-10(8)12(3,4)5/h6-7H,1-5H3. The topological polar surface area (TPSA) is 9.23 Å². The van der Waals surface area contributed by atoms with Crippen molar-refractivity contribution in [2.75, 3.05) is 0 Å². The molecule has 0 N–H and O–H groups in total. The minimum Gasteiger partial charge on any atom is -0.406 e. The van der Waals surface area contributed by atoms with Crippen LogP contribution in [-0.2, 0) is 5.41 Å². The average Bonchev–Trinajstić information content (AvgIpc) is 2.08. The zero-order valence-corrected chi connectivity index (χ0v) is 10.7. The number of hydrogen-bond donors (Lipinski definition) is 0. The zero-order valence-electron chi connectivity index (χ0n) is 10.7. The van der Waals surface area contributed by atoms with Gasteiger partial charge in [0.1, 0.15) is 5.75 Å². The van der Waals surface area contributed by atoms with Crippen molar-refractivity contribution in [2.45, 2.75) is 46.4 Å². The summed E-state index contributed by atoms with van der Waals surface area (Å²) in [6, 6.07) is 3.08. The van der Waals surface area contributed by atoms with Crippen LogP contribution in [0.5, 0.6) is 5.75 Å². The molecule has 0 bridgehead atoms. The van der Waals surface area contributed by atoms with Gasteiger partial charge in [-0.15, -0.1) is 13.2 Å². The van der Waals surface area contributed by atoms with E-state index in [4.69, 9.17) is 0 Å². The molecule has 0 aliphatic heterocycles. The molecular weight excluding hydrogens is 229 g/mol. The first-order valence-electron chi connectivity index (χ1n) is 5.39. The quantitative estimate of drug-likeness (QED) is 0.709. The first kappa shape index (κ1) is 13.9. The molecule has 0 fully saturated rings. The van der Waals surface area contributed by atoms with Gasteiger partial charge in [-0.25, -0.2) is 0 Å². The molecule has 0 amide bonds. The normalized spacial score (nSPS) is 12.7. The van der Waals surface area contributed by atoms with Crippen LogP contribution in [0.3, 0.4) is 0 Å². The lowest BCUT2D eigenvalue weighted by Crippen LogP contribution is -2.19. The smallest absolute Gasteiger partial charge is 0.406 e. The third-order valence-corrected chi connectivity index (χ3v) is 2.77. The summed E-state index contributed by atoms with van der Waals surface area (Å²) in [6.07, 6.45) is -4.64. The van der Waals surface area contributed by atoms with Crippen LogP contribution in [0.25, 0.3) is 0 Å². The van der Waals surface area contributed by atoms with Crippen LogP contribution in [-0.4, -0.2) is 6.36 Å². The van der Waals surface area contributed by atoms with E-state index in [1.165, 1.54) is 6.07 Å². The van der Waals surface area contributed by atoms with Crippen molar-refractivity contribution in [3.63, 3.8) is 0 Å². The highest BCUT2D eigenvalue weighted by molar-refractivity contribution is 5.46. The number of halogens is 3. The lowest BCUT2D eigenvalue weighted by molar-refractivity contribution is -0.274. The number of benzene rings is 1. The average molecular weight is 246 g/mol. The molecular formula is C13H17F3O. The second kappa shape index (κ2) is 4.24. The maximum atomic E-state index is 12.2. The number of alkyl halides is 3. The van der Waals surface area contributed by atoms with Crippen LogP contribution in [0.15, 0.2) is 12.1 Å². The molecule has 0 heterocycles. The van der Waals surface area contributed by atoms with Gasteiger partial charge in [0, 0.05) is 0 Å². The zero-order chi connectivity index (χ0) is 13.4. The van der Waals surface area contributed by atoms with Crippen molar-refractivity contribution >= 4 is 0 Å². The van der Waals surface area contributed by atoms with Crippen molar-refractivity contribution in [3.8, 4) is 5.75 Å². The summed E-state index contributed by atoms with van der Waals surface area (Å²) < 4.78 is 40.5. The third kappa shape index (κ3) is 3.38. The van der Waals surface area contributed by atoms with Crippen LogP contribution in [0, 0.1) is 13.8 Å². The predicted molar refractivity (Wildman–Crippen MR) is 61.3 cm³/mol. The molecule has 0 unspecified atom stereocenters. The summed E-state index contributed by atoms with van der Waals surface area (Å²) in [6.45, 7) is 9.54. The van der Waals surface area contributed by atoms with E-state index >= 15 is 0 Å². The molecule has 0 radical (unpaired) electrons. The first-order chi connectivity index (χ1) is 7.52. The van der Waals surface area contributed by atoms with Gasteiger partial charge in [0.2, 0.25) is 0 Å². The second-order valence-corrected chi connectivity index (χ2v) is 5.16. The van der Waals surface area contributed by atoms with Crippen LogP contribution in [0.2, 0.25) is 0 Å². The summed E-state index contributed by atoms with van der Waals surface area (Å²) in [5.74, 6) is -0.122. The van der Waals surface area contributed by atoms with Gasteiger partial charge < -0.3 is 4.74 Å². The van der Waals surface area contributed by atoms with Crippen LogP contribution < -0.4 is 4.74 Å². The predicted octanol–water partition coefficient (Wildman–Crippen LogP) is 4.50. The van der Waals surface area contributed by atoms with Crippen LogP contribution in [0.1, 0.15) is 37.5 Å². The number of rotatable bonds is 1. The van der Waals surface area contributed by atoms with Crippen molar-refractivity contribution < 1.29 is 17.9 Å².